The Hall–Kier alpha value is -3.68. The fraction of sp³-hybridized carbons (Fsp3) is 0.304. The number of hydrogen-bond acceptors (Lipinski definition) is 4. The lowest BCUT2D eigenvalue weighted by molar-refractivity contribution is -0.136. The molecule has 5 rings (SSSR count). The number of urea groups is 1. The third-order valence-electron chi connectivity index (χ3n) is 6.13. The van der Waals surface area contributed by atoms with Crippen molar-refractivity contribution in [2.45, 2.75) is 38.3 Å². The Labute approximate surface area is 179 Å². The number of carbonyl (C=O) groups excluding carboxylic acids is 4. The van der Waals surface area contributed by atoms with E-state index in [4.69, 9.17) is 0 Å². The van der Waals surface area contributed by atoms with Crippen LogP contribution in [0.1, 0.15) is 40.7 Å². The van der Waals surface area contributed by atoms with Crippen LogP contribution in [0.4, 0.5) is 16.2 Å². The van der Waals surface area contributed by atoms with Gasteiger partial charge < -0.3 is 10.2 Å². The van der Waals surface area contributed by atoms with E-state index in [9.17, 15) is 19.2 Å². The van der Waals surface area contributed by atoms with Crippen LogP contribution in [0.3, 0.4) is 0 Å². The van der Waals surface area contributed by atoms with E-state index in [-0.39, 0.29) is 24.3 Å². The molecule has 158 valence electrons. The summed E-state index contributed by atoms with van der Waals surface area (Å²) in [6, 6.07) is 12.2. The second-order valence-corrected chi connectivity index (χ2v) is 8.09. The number of nitrogens with one attached hydrogen (secondary N) is 2. The lowest BCUT2D eigenvalue weighted by atomic mass is 10.0. The van der Waals surface area contributed by atoms with Crippen LogP contribution in [0, 0.1) is 0 Å². The number of aryl methyl sites for hydroxylation is 1. The molecule has 1 atom stereocenters. The third kappa shape index (κ3) is 3.43. The highest BCUT2D eigenvalue weighted by Gasteiger charge is 2.39. The Morgan fingerprint density at radius 3 is 2.71 bits per heavy atom. The average molecular weight is 418 g/mol. The summed E-state index contributed by atoms with van der Waals surface area (Å²) in [6.07, 6.45) is 2.38. The van der Waals surface area contributed by atoms with Crippen LogP contribution >= 0.6 is 0 Å². The van der Waals surface area contributed by atoms with Gasteiger partial charge in [-0.05, 0) is 48.6 Å². The first-order valence-corrected chi connectivity index (χ1v) is 10.5. The molecular formula is C23H22N4O4. The molecule has 2 aromatic rings. The van der Waals surface area contributed by atoms with Crippen molar-refractivity contribution < 1.29 is 19.2 Å². The molecule has 0 spiro atoms. The molecule has 3 heterocycles. The molecule has 0 bridgehead atoms. The fourth-order valence-electron chi connectivity index (χ4n) is 4.57. The van der Waals surface area contributed by atoms with Crippen LogP contribution in [0.15, 0.2) is 42.5 Å². The molecule has 1 fully saturated rings. The number of rotatable bonds is 2. The van der Waals surface area contributed by atoms with Gasteiger partial charge in [0.15, 0.2) is 0 Å². The molecule has 2 aromatic carbocycles. The first-order chi connectivity index (χ1) is 15.0. The maximum Gasteiger partial charge on any atom is 0.326 e. The molecule has 3 aliphatic heterocycles. The lowest BCUT2D eigenvalue weighted by Crippen LogP contribution is -2.52. The molecule has 1 saturated heterocycles. The van der Waals surface area contributed by atoms with Gasteiger partial charge in [-0.25, -0.2) is 4.79 Å². The van der Waals surface area contributed by atoms with Crippen molar-refractivity contribution in [3.63, 3.8) is 0 Å². The van der Waals surface area contributed by atoms with E-state index < -0.39 is 11.9 Å². The van der Waals surface area contributed by atoms with Crippen LogP contribution in [0.2, 0.25) is 0 Å². The zero-order valence-corrected chi connectivity index (χ0v) is 16.9. The van der Waals surface area contributed by atoms with Gasteiger partial charge in [0.25, 0.3) is 5.91 Å². The van der Waals surface area contributed by atoms with Crippen LogP contribution in [-0.2, 0) is 22.6 Å². The molecule has 0 saturated carbocycles. The second-order valence-electron chi connectivity index (χ2n) is 8.09. The van der Waals surface area contributed by atoms with E-state index in [1.54, 1.807) is 23.1 Å². The number of piperidine rings is 1. The van der Waals surface area contributed by atoms with Gasteiger partial charge >= 0.3 is 6.03 Å². The highest BCUT2D eigenvalue weighted by atomic mass is 16.2. The molecule has 3 aliphatic rings. The molecule has 0 aromatic heterocycles. The quantitative estimate of drug-likeness (QED) is 0.732. The number of carbonyl (C=O) groups is 4. The van der Waals surface area contributed by atoms with E-state index in [0.717, 1.165) is 29.7 Å². The van der Waals surface area contributed by atoms with Gasteiger partial charge in [0, 0.05) is 36.4 Å². The Bertz CT molecular complexity index is 1110. The summed E-state index contributed by atoms with van der Waals surface area (Å²) in [6.45, 7) is 0.949. The normalized spacial score (nSPS) is 20.3. The number of benzene rings is 2. The average Bonchev–Trinajstić information content (AvgIpc) is 3.09. The zero-order chi connectivity index (χ0) is 21.5. The molecular weight excluding hydrogens is 396 g/mol. The van der Waals surface area contributed by atoms with Gasteiger partial charge in [-0.3, -0.25) is 24.6 Å². The van der Waals surface area contributed by atoms with Gasteiger partial charge in [-0.1, -0.05) is 24.3 Å². The monoisotopic (exact) mass is 418 g/mol. The summed E-state index contributed by atoms with van der Waals surface area (Å²) in [5, 5.41) is 5.21. The number of amides is 5. The first kappa shape index (κ1) is 19.3. The maximum absolute atomic E-state index is 13.0. The lowest BCUT2D eigenvalue weighted by Gasteiger charge is -2.29. The summed E-state index contributed by atoms with van der Waals surface area (Å²) in [4.78, 5) is 52.7. The minimum absolute atomic E-state index is 0.217. The van der Waals surface area contributed by atoms with E-state index in [1.807, 2.05) is 24.3 Å². The van der Waals surface area contributed by atoms with Crippen molar-refractivity contribution in [1.29, 1.82) is 0 Å². The summed E-state index contributed by atoms with van der Waals surface area (Å²) < 4.78 is 0. The molecule has 0 aliphatic carbocycles. The SMILES string of the molecule is O=C1CCC(N2Cc3ccc(NC(=O)N4CCCc5ccccc54)cc3C2=O)C(=O)N1. The number of fused-ring (bicyclic) bond motifs is 2. The van der Waals surface area contributed by atoms with Crippen molar-refractivity contribution in [2.24, 2.45) is 0 Å². The smallest absolute Gasteiger partial charge is 0.322 e. The number of anilines is 2. The Balaban J connectivity index is 1.33. The fourth-order valence-corrected chi connectivity index (χ4v) is 4.57. The van der Waals surface area contributed by atoms with E-state index in [1.165, 1.54) is 4.90 Å². The number of imide groups is 1. The third-order valence-corrected chi connectivity index (χ3v) is 6.13. The van der Waals surface area contributed by atoms with Crippen molar-refractivity contribution >= 4 is 35.1 Å². The van der Waals surface area contributed by atoms with Crippen molar-refractivity contribution in [3.8, 4) is 0 Å². The van der Waals surface area contributed by atoms with Crippen LogP contribution in [0.25, 0.3) is 0 Å². The van der Waals surface area contributed by atoms with Gasteiger partial charge in [0.2, 0.25) is 11.8 Å². The van der Waals surface area contributed by atoms with Crippen LogP contribution in [0.5, 0.6) is 0 Å². The number of hydrogen-bond donors (Lipinski definition) is 2. The number of para-hydroxylation sites is 1. The van der Waals surface area contributed by atoms with Gasteiger partial charge in [-0.15, -0.1) is 0 Å². The molecule has 5 amide bonds. The van der Waals surface area contributed by atoms with Crippen molar-refractivity contribution in [3.05, 3.63) is 59.2 Å². The standard InChI is InChI=1S/C23H22N4O4/c28-20-10-9-19(21(29)25-20)27-13-15-7-8-16(12-17(15)22(27)30)24-23(31)26-11-3-5-14-4-1-2-6-18(14)26/h1-2,4,6-8,12,19H,3,5,9-11,13H2,(H,24,31)(H,25,28,29). The summed E-state index contributed by atoms with van der Waals surface area (Å²) in [5.74, 6) is -1.01. The highest BCUT2D eigenvalue weighted by Crippen LogP contribution is 2.31. The van der Waals surface area contributed by atoms with Crippen LogP contribution < -0.4 is 15.5 Å². The van der Waals surface area contributed by atoms with E-state index >= 15 is 0 Å². The van der Waals surface area contributed by atoms with Crippen molar-refractivity contribution in [1.82, 2.24) is 10.2 Å². The van der Waals surface area contributed by atoms with E-state index in [2.05, 4.69) is 10.6 Å². The highest BCUT2D eigenvalue weighted by molar-refractivity contribution is 6.07. The van der Waals surface area contributed by atoms with Gasteiger partial charge in [-0.2, -0.15) is 0 Å². The summed E-state index contributed by atoms with van der Waals surface area (Å²) in [5.41, 5.74) is 3.86. The Morgan fingerprint density at radius 2 is 1.87 bits per heavy atom. The minimum atomic E-state index is -0.652. The molecule has 2 N–H and O–H groups in total. The minimum Gasteiger partial charge on any atom is -0.322 e. The molecule has 8 heteroatoms. The Morgan fingerprint density at radius 1 is 1.03 bits per heavy atom. The molecule has 0 radical (unpaired) electrons. The van der Waals surface area contributed by atoms with Gasteiger partial charge in [0.1, 0.15) is 6.04 Å². The maximum atomic E-state index is 13.0. The van der Waals surface area contributed by atoms with Crippen LogP contribution in [-0.4, -0.2) is 41.2 Å². The zero-order valence-electron chi connectivity index (χ0n) is 16.9. The topological polar surface area (TPSA) is 98.8 Å². The van der Waals surface area contributed by atoms with Gasteiger partial charge in [0.05, 0.1) is 0 Å². The summed E-state index contributed by atoms with van der Waals surface area (Å²) >= 11 is 0. The first-order valence-electron chi connectivity index (χ1n) is 10.5. The molecule has 8 nitrogen and oxygen atoms in total. The van der Waals surface area contributed by atoms with E-state index in [0.29, 0.717) is 30.8 Å². The summed E-state index contributed by atoms with van der Waals surface area (Å²) in [7, 11) is 0. The second kappa shape index (κ2) is 7.54. The predicted octanol–water partition coefficient (Wildman–Crippen LogP) is 2.43. The predicted molar refractivity (Wildman–Crippen MR) is 114 cm³/mol. The molecule has 31 heavy (non-hydrogen) atoms. The Kier molecular flexibility index (Phi) is 4.69. The largest absolute Gasteiger partial charge is 0.326 e. The van der Waals surface area contributed by atoms with Crippen molar-refractivity contribution in [2.75, 3.05) is 16.8 Å². The molecule has 1 unspecified atom stereocenters. The number of nitrogens with zero attached hydrogens (tertiary/aromatic N) is 2.